The third-order valence-electron chi connectivity index (χ3n) is 2.13. The molecule has 0 heterocycles. The summed E-state index contributed by atoms with van der Waals surface area (Å²) in [7, 11) is 0. The van der Waals surface area contributed by atoms with E-state index in [1.807, 2.05) is 6.92 Å². The number of nitrogens with one attached hydrogen (secondary N) is 1. The number of amidine groups is 1. The molecule has 0 fully saturated rings. The van der Waals surface area contributed by atoms with E-state index in [1.54, 1.807) is 0 Å². The minimum absolute atomic E-state index is 0.155. The monoisotopic (exact) mass is 203 g/mol. The SMILES string of the molecule is CCC(CCO)NC(C)CC(N)=NO. The minimum atomic E-state index is 0.155. The van der Waals surface area contributed by atoms with Crippen LogP contribution in [-0.4, -0.2) is 34.8 Å². The Balaban J connectivity index is 3.83. The molecule has 0 aromatic rings. The van der Waals surface area contributed by atoms with Gasteiger partial charge in [0.1, 0.15) is 5.84 Å². The van der Waals surface area contributed by atoms with Crippen LogP contribution in [0.15, 0.2) is 5.16 Å². The van der Waals surface area contributed by atoms with Crippen molar-refractivity contribution in [3.05, 3.63) is 0 Å². The van der Waals surface area contributed by atoms with E-state index in [0.717, 1.165) is 12.8 Å². The van der Waals surface area contributed by atoms with Crippen molar-refractivity contribution >= 4 is 5.84 Å². The maximum Gasteiger partial charge on any atom is 0.140 e. The van der Waals surface area contributed by atoms with Crippen molar-refractivity contribution in [3.63, 3.8) is 0 Å². The summed E-state index contributed by atoms with van der Waals surface area (Å²) in [5.41, 5.74) is 5.38. The van der Waals surface area contributed by atoms with Gasteiger partial charge in [0.15, 0.2) is 0 Å². The summed E-state index contributed by atoms with van der Waals surface area (Å²) in [5.74, 6) is 0.226. The van der Waals surface area contributed by atoms with Crippen molar-refractivity contribution in [1.82, 2.24) is 5.32 Å². The van der Waals surface area contributed by atoms with Crippen LogP contribution in [0.5, 0.6) is 0 Å². The maximum absolute atomic E-state index is 8.78. The first-order chi connectivity index (χ1) is 6.63. The number of nitrogens with two attached hydrogens (primary N) is 1. The Morgan fingerprint density at radius 2 is 2.21 bits per heavy atom. The molecule has 14 heavy (non-hydrogen) atoms. The highest BCUT2D eigenvalue weighted by molar-refractivity contribution is 5.80. The first-order valence-corrected chi connectivity index (χ1v) is 4.97. The Hall–Kier alpha value is -0.810. The fourth-order valence-corrected chi connectivity index (χ4v) is 1.38. The summed E-state index contributed by atoms with van der Waals surface area (Å²) >= 11 is 0. The standard InChI is InChI=1S/C9H21N3O2/c1-3-8(4-5-13)11-7(2)6-9(10)12-14/h7-8,11,13-14H,3-6H2,1-2H3,(H2,10,12). The van der Waals surface area contributed by atoms with Crippen molar-refractivity contribution in [2.24, 2.45) is 10.9 Å². The highest BCUT2D eigenvalue weighted by Crippen LogP contribution is 2.00. The molecule has 2 unspecified atom stereocenters. The zero-order chi connectivity index (χ0) is 11.0. The zero-order valence-corrected chi connectivity index (χ0v) is 8.90. The van der Waals surface area contributed by atoms with E-state index in [0.29, 0.717) is 12.5 Å². The lowest BCUT2D eigenvalue weighted by Gasteiger charge is -2.21. The zero-order valence-electron chi connectivity index (χ0n) is 8.90. The molecule has 5 nitrogen and oxygen atoms in total. The Bertz CT molecular complexity index is 173. The van der Waals surface area contributed by atoms with Crippen LogP contribution in [0.3, 0.4) is 0 Å². The topological polar surface area (TPSA) is 90.9 Å². The molecule has 0 saturated carbocycles. The molecule has 0 aliphatic carbocycles. The predicted octanol–water partition coefficient (Wildman–Crippen LogP) is 0.262. The molecule has 5 heteroatoms. The minimum Gasteiger partial charge on any atom is -0.409 e. The van der Waals surface area contributed by atoms with Gasteiger partial charge in [0.05, 0.1) is 0 Å². The summed E-state index contributed by atoms with van der Waals surface area (Å²) in [6, 6.07) is 0.448. The molecule has 0 spiro atoms. The van der Waals surface area contributed by atoms with E-state index < -0.39 is 0 Å². The van der Waals surface area contributed by atoms with Crippen LogP contribution in [0.2, 0.25) is 0 Å². The van der Waals surface area contributed by atoms with Crippen molar-refractivity contribution in [2.45, 2.75) is 45.2 Å². The summed E-state index contributed by atoms with van der Waals surface area (Å²) < 4.78 is 0. The molecule has 0 bridgehead atoms. The maximum atomic E-state index is 8.78. The molecule has 0 aliphatic heterocycles. The number of hydrogen-bond acceptors (Lipinski definition) is 4. The third kappa shape index (κ3) is 5.77. The van der Waals surface area contributed by atoms with Crippen molar-refractivity contribution in [2.75, 3.05) is 6.61 Å². The molecular weight excluding hydrogens is 182 g/mol. The lowest BCUT2D eigenvalue weighted by Crippen LogP contribution is -2.39. The van der Waals surface area contributed by atoms with Crippen molar-refractivity contribution in [3.8, 4) is 0 Å². The van der Waals surface area contributed by atoms with Gasteiger partial charge in [-0.2, -0.15) is 0 Å². The van der Waals surface area contributed by atoms with Crippen LogP contribution in [0.25, 0.3) is 0 Å². The summed E-state index contributed by atoms with van der Waals surface area (Å²) in [5, 5.41) is 23.4. The molecule has 0 aromatic heterocycles. The van der Waals surface area contributed by atoms with Gasteiger partial charge >= 0.3 is 0 Å². The molecule has 84 valence electrons. The van der Waals surface area contributed by atoms with E-state index in [-0.39, 0.29) is 18.5 Å². The lowest BCUT2D eigenvalue weighted by molar-refractivity contribution is 0.256. The molecule has 0 amide bonds. The Labute approximate surface area is 85.0 Å². The largest absolute Gasteiger partial charge is 0.409 e. The molecule has 0 radical (unpaired) electrons. The highest BCUT2D eigenvalue weighted by atomic mass is 16.4. The normalized spacial score (nSPS) is 16.6. The van der Waals surface area contributed by atoms with Crippen LogP contribution in [0, 0.1) is 0 Å². The average molecular weight is 203 g/mol. The second-order valence-electron chi connectivity index (χ2n) is 3.48. The summed E-state index contributed by atoms with van der Waals surface area (Å²) in [6.07, 6.45) is 2.20. The summed E-state index contributed by atoms with van der Waals surface area (Å²) in [4.78, 5) is 0. The van der Waals surface area contributed by atoms with Gasteiger partial charge < -0.3 is 21.4 Å². The number of aliphatic hydroxyl groups is 1. The van der Waals surface area contributed by atoms with E-state index >= 15 is 0 Å². The van der Waals surface area contributed by atoms with Gasteiger partial charge in [-0.05, 0) is 19.8 Å². The van der Waals surface area contributed by atoms with Crippen LogP contribution in [-0.2, 0) is 0 Å². The van der Waals surface area contributed by atoms with Crippen molar-refractivity contribution < 1.29 is 10.3 Å². The fraction of sp³-hybridized carbons (Fsp3) is 0.889. The lowest BCUT2D eigenvalue weighted by atomic mass is 10.1. The van der Waals surface area contributed by atoms with Gasteiger partial charge in [-0.15, -0.1) is 0 Å². The van der Waals surface area contributed by atoms with E-state index in [9.17, 15) is 0 Å². The number of hydrogen-bond donors (Lipinski definition) is 4. The van der Waals surface area contributed by atoms with Gasteiger partial charge in [-0.25, -0.2) is 0 Å². The van der Waals surface area contributed by atoms with Gasteiger partial charge in [-0.1, -0.05) is 12.1 Å². The smallest absolute Gasteiger partial charge is 0.140 e. The average Bonchev–Trinajstić information content (AvgIpc) is 2.16. The first-order valence-electron chi connectivity index (χ1n) is 4.97. The molecule has 0 aromatic carbocycles. The van der Waals surface area contributed by atoms with E-state index in [2.05, 4.69) is 17.4 Å². The Morgan fingerprint density at radius 1 is 1.57 bits per heavy atom. The number of aliphatic hydroxyl groups excluding tert-OH is 1. The molecule has 0 saturated heterocycles. The van der Waals surface area contributed by atoms with Crippen LogP contribution in [0.4, 0.5) is 0 Å². The second-order valence-corrected chi connectivity index (χ2v) is 3.48. The third-order valence-corrected chi connectivity index (χ3v) is 2.13. The quantitative estimate of drug-likeness (QED) is 0.207. The van der Waals surface area contributed by atoms with Crippen molar-refractivity contribution in [1.29, 1.82) is 0 Å². The fourth-order valence-electron chi connectivity index (χ4n) is 1.38. The number of rotatable bonds is 7. The van der Waals surface area contributed by atoms with E-state index in [1.165, 1.54) is 0 Å². The Kier molecular flexibility index (Phi) is 7.14. The first kappa shape index (κ1) is 13.2. The van der Waals surface area contributed by atoms with Gasteiger partial charge in [0.25, 0.3) is 0 Å². The molecule has 0 aliphatic rings. The summed E-state index contributed by atoms with van der Waals surface area (Å²) in [6.45, 7) is 4.21. The van der Waals surface area contributed by atoms with Crippen LogP contribution < -0.4 is 11.1 Å². The Morgan fingerprint density at radius 3 is 2.64 bits per heavy atom. The molecular formula is C9H21N3O2. The van der Waals surface area contributed by atoms with Crippen LogP contribution >= 0.6 is 0 Å². The van der Waals surface area contributed by atoms with Gasteiger partial charge in [-0.3, -0.25) is 0 Å². The van der Waals surface area contributed by atoms with Gasteiger partial charge in [0.2, 0.25) is 0 Å². The molecule has 2 atom stereocenters. The predicted molar refractivity (Wildman–Crippen MR) is 56.4 cm³/mol. The number of oxime groups is 1. The van der Waals surface area contributed by atoms with Crippen LogP contribution in [0.1, 0.15) is 33.1 Å². The van der Waals surface area contributed by atoms with E-state index in [4.69, 9.17) is 16.0 Å². The number of nitrogens with zero attached hydrogens (tertiary/aromatic N) is 1. The molecule has 0 rings (SSSR count). The highest BCUT2D eigenvalue weighted by Gasteiger charge is 2.10. The second kappa shape index (κ2) is 7.58. The molecule has 5 N–H and O–H groups in total. The van der Waals surface area contributed by atoms with Gasteiger partial charge in [0, 0.05) is 25.1 Å².